The van der Waals surface area contributed by atoms with Crippen molar-refractivity contribution in [1.82, 2.24) is 4.90 Å². The predicted molar refractivity (Wildman–Crippen MR) is 87.0 cm³/mol. The van der Waals surface area contributed by atoms with Crippen LogP contribution in [0.25, 0.3) is 0 Å². The first-order valence-electron chi connectivity index (χ1n) is 7.02. The first-order valence-corrected chi connectivity index (χ1v) is 8.01. The largest absolute Gasteiger partial charge is 0.397 e. The SMILES string of the molecule is CC(C(=O)Nc1ccc(F)cc1N)N1CCSC(C)(C)C1. The van der Waals surface area contributed by atoms with Crippen LogP contribution in [0.15, 0.2) is 18.2 Å². The molecule has 116 valence electrons. The zero-order chi connectivity index (χ0) is 15.6. The standard InChI is InChI=1S/C15H22FN3OS/c1-10(19-6-7-21-15(2,3)9-19)14(20)18-13-5-4-11(16)8-12(13)17/h4-5,8,10H,6-7,9,17H2,1-3H3,(H,18,20). The summed E-state index contributed by atoms with van der Waals surface area (Å²) in [5.41, 5.74) is 6.42. The van der Waals surface area contributed by atoms with Crippen molar-refractivity contribution in [1.29, 1.82) is 0 Å². The number of amides is 1. The van der Waals surface area contributed by atoms with E-state index in [1.807, 2.05) is 18.7 Å². The van der Waals surface area contributed by atoms with Gasteiger partial charge < -0.3 is 11.1 Å². The van der Waals surface area contributed by atoms with Gasteiger partial charge in [0.15, 0.2) is 0 Å². The van der Waals surface area contributed by atoms with Crippen LogP contribution in [-0.2, 0) is 4.79 Å². The molecule has 1 aliphatic heterocycles. The summed E-state index contributed by atoms with van der Waals surface area (Å²) < 4.78 is 13.2. The molecule has 0 radical (unpaired) electrons. The maximum Gasteiger partial charge on any atom is 0.241 e. The summed E-state index contributed by atoms with van der Waals surface area (Å²) in [5.74, 6) is 0.493. The first kappa shape index (κ1) is 16.1. The number of carbonyl (C=O) groups is 1. The molecule has 3 N–H and O–H groups in total. The van der Waals surface area contributed by atoms with Crippen LogP contribution >= 0.6 is 11.8 Å². The number of halogens is 1. The van der Waals surface area contributed by atoms with Gasteiger partial charge in [-0.1, -0.05) is 0 Å². The fourth-order valence-corrected chi connectivity index (χ4v) is 3.57. The number of benzene rings is 1. The van der Waals surface area contributed by atoms with Crippen molar-refractivity contribution in [3.8, 4) is 0 Å². The number of hydrogen-bond donors (Lipinski definition) is 2. The molecule has 1 amide bonds. The van der Waals surface area contributed by atoms with Gasteiger partial charge in [-0.05, 0) is 39.0 Å². The Morgan fingerprint density at radius 3 is 2.86 bits per heavy atom. The van der Waals surface area contributed by atoms with E-state index < -0.39 is 5.82 Å². The number of rotatable bonds is 3. The minimum Gasteiger partial charge on any atom is -0.397 e. The number of nitrogens with zero attached hydrogens (tertiary/aromatic N) is 1. The molecular formula is C15H22FN3OS. The van der Waals surface area contributed by atoms with Crippen LogP contribution in [0.2, 0.25) is 0 Å². The Hall–Kier alpha value is -1.27. The molecule has 21 heavy (non-hydrogen) atoms. The first-order chi connectivity index (χ1) is 9.78. The number of nitrogen functional groups attached to an aromatic ring is 1. The summed E-state index contributed by atoms with van der Waals surface area (Å²) in [6.45, 7) is 8.02. The third-order valence-electron chi connectivity index (χ3n) is 3.65. The predicted octanol–water partition coefficient (Wildman–Crippen LogP) is 2.56. The lowest BCUT2D eigenvalue weighted by Gasteiger charge is -2.40. The zero-order valence-electron chi connectivity index (χ0n) is 12.6. The van der Waals surface area contributed by atoms with Crippen molar-refractivity contribution in [3.05, 3.63) is 24.0 Å². The Morgan fingerprint density at radius 1 is 1.52 bits per heavy atom. The van der Waals surface area contributed by atoms with E-state index in [4.69, 9.17) is 5.73 Å². The van der Waals surface area contributed by atoms with Gasteiger partial charge in [0, 0.05) is 23.6 Å². The van der Waals surface area contributed by atoms with E-state index in [1.54, 1.807) is 0 Å². The van der Waals surface area contributed by atoms with Crippen LogP contribution in [0.4, 0.5) is 15.8 Å². The molecule has 4 nitrogen and oxygen atoms in total. The van der Waals surface area contributed by atoms with Gasteiger partial charge in [0.1, 0.15) is 5.82 Å². The Morgan fingerprint density at radius 2 is 2.24 bits per heavy atom. The summed E-state index contributed by atoms with van der Waals surface area (Å²) in [6, 6.07) is 3.75. The van der Waals surface area contributed by atoms with E-state index in [-0.39, 0.29) is 22.4 Å². The summed E-state index contributed by atoms with van der Waals surface area (Å²) in [5, 5.41) is 2.78. The van der Waals surface area contributed by atoms with Crippen molar-refractivity contribution in [2.75, 3.05) is 29.9 Å². The topological polar surface area (TPSA) is 58.4 Å². The van der Waals surface area contributed by atoms with Crippen LogP contribution in [-0.4, -0.2) is 40.4 Å². The highest BCUT2D eigenvalue weighted by molar-refractivity contribution is 8.00. The van der Waals surface area contributed by atoms with Crippen molar-refractivity contribution >= 4 is 29.0 Å². The van der Waals surface area contributed by atoms with Gasteiger partial charge in [0.2, 0.25) is 5.91 Å². The second kappa shape index (κ2) is 6.23. The molecule has 0 bridgehead atoms. The smallest absolute Gasteiger partial charge is 0.241 e. The molecule has 0 aliphatic carbocycles. The Labute approximate surface area is 129 Å². The van der Waals surface area contributed by atoms with E-state index >= 15 is 0 Å². The fourth-order valence-electron chi connectivity index (χ4n) is 2.43. The number of thioether (sulfide) groups is 1. The van der Waals surface area contributed by atoms with Crippen molar-refractivity contribution in [3.63, 3.8) is 0 Å². The lowest BCUT2D eigenvalue weighted by Crippen LogP contribution is -2.51. The maximum absolute atomic E-state index is 13.0. The number of nitrogens with two attached hydrogens (primary N) is 1. The maximum atomic E-state index is 13.0. The third kappa shape index (κ3) is 4.11. The highest BCUT2D eigenvalue weighted by Gasteiger charge is 2.32. The lowest BCUT2D eigenvalue weighted by molar-refractivity contribution is -0.120. The normalized spacial score (nSPS) is 20.0. The molecule has 1 aromatic rings. The number of nitrogens with one attached hydrogen (secondary N) is 1. The summed E-state index contributed by atoms with van der Waals surface area (Å²) >= 11 is 1.93. The van der Waals surface area contributed by atoms with Crippen molar-refractivity contribution in [2.45, 2.75) is 31.6 Å². The minimum absolute atomic E-state index is 0.115. The average molecular weight is 311 g/mol. The highest BCUT2D eigenvalue weighted by Crippen LogP contribution is 2.30. The quantitative estimate of drug-likeness (QED) is 0.842. The van der Waals surface area contributed by atoms with Gasteiger partial charge in [0.25, 0.3) is 0 Å². The molecule has 1 heterocycles. The van der Waals surface area contributed by atoms with Crippen LogP contribution in [0.1, 0.15) is 20.8 Å². The van der Waals surface area contributed by atoms with Gasteiger partial charge in [-0.15, -0.1) is 0 Å². The van der Waals surface area contributed by atoms with E-state index in [9.17, 15) is 9.18 Å². The lowest BCUT2D eigenvalue weighted by atomic mass is 10.1. The van der Waals surface area contributed by atoms with Crippen molar-refractivity contribution in [2.24, 2.45) is 0 Å². The van der Waals surface area contributed by atoms with Gasteiger partial charge >= 0.3 is 0 Å². The molecule has 0 aromatic heterocycles. The second-order valence-corrected chi connectivity index (χ2v) is 7.78. The molecule has 6 heteroatoms. The van der Waals surface area contributed by atoms with Crippen molar-refractivity contribution < 1.29 is 9.18 Å². The second-order valence-electron chi connectivity index (χ2n) is 5.98. The van der Waals surface area contributed by atoms with Crippen LogP contribution < -0.4 is 11.1 Å². The molecule has 1 fully saturated rings. The van der Waals surface area contributed by atoms with Gasteiger partial charge in [-0.2, -0.15) is 11.8 Å². The average Bonchev–Trinajstić information content (AvgIpc) is 2.40. The molecular weight excluding hydrogens is 289 g/mol. The van der Waals surface area contributed by atoms with Crippen LogP contribution in [0.5, 0.6) is 0 Å². The molecule has 1 aromatic carbocycles. The number of carbonyl (C=O) groups excluding carboxylic acids is 1. The third-order valence-corrected chi connectivity index (χ3v) is 4.95. The van der Waals surface area contributed by atoms with E-state index in [2.05, 4.69) is 24.1 Å². The molecule has 2 rings (SSSR count). The molecule has 1 aliphatic rings. The summed E-state index contributed by atoms with van der Waals surface area (Å²) in [6.07, 6.45) is 0. The van der Waals surface area contributed by atoms with Gasteiger partial charge in [-0.3, -0.25) is 9.69 Å². The number of anilines is 2. The monoisotopic (exact) mass is 311 g/mol. The number of hydrogen-bond acceptors (Lipinski definition) is 4. The highest BCUT2D eigenvalue weighted by atomic mass is 32.2. The zero-order valence-corrected chi connectivity index (χ0v) is 13.5. The summed E-state index contributed by atoms with van der Waals surface area (Å²) in [4.78, 5) is 14.5. The Balaban J connectivity index is 2.02. The van der Waals surface area contributed by atoms with Crippen LogP contribution in [0.3, 0.4) is 0 Å². The Kier molecular flexibility index (Phi) is 4.78. The fraction of sp³-hybridized carbons (Fsp3) is 0.533. The molecule has 0 spiro atoms. The van der Waals surface area contributed by atoms with E-state index in [0.29, 0.717) is 5.69 Å². The van der Waals surface area contributed by atoms with E-state index in [1.165, 1.54) is 18.2 Å². The minimum atomic E-state index is -0.409. The Bertz CT molecular complexity index is 536. The van der Waals surface area contributed by atoms with Gasteiger partial charge in [-0.25, -0.2) is 4.39 Å². The molecule has 1 unspecified atom stereocenters. The molecule has 0 saturated carbocycles. The molecule has 1 atom stereocenters. The van der Waals surface area contributed by atoms with E-state index in [0.717, 1.165) is 18.8 Å². The molecule has 1 saturated heterocycles. The summed E-state index contributed by atoms with van der Waals surface area (Å²) in [7, 11) is 0. The van der Waals surface area contributed by atoms with Gasteiger partial charge in [0.05, 0.1) is 17.4 Å². The van der Waals surface area contributed by atoms with Crippen LogP contribution in [0, 0.1) is 5.82 Å².